The van der Waals surface area contributed by atoms with Crippen molar-refractivity contribution in [3.05, 3.63) is 65.2 Å². The predicted octanol–water partition coefficient (Wildman–Crippen LogP) is 5.73. The standard InChI is InChI=1S/C22H26F3NO2/c1-3-4-6-16(2)21(27)26-14-17-9-11-20(12-10-17)28-15-18-7-5-8-19(13-18)22(23,24)25/h5,7-13,16H,3-4,6,14-15H2,1-2H3,(H,26,27). The van der Waals surface area contributed by atoms with Crippen molar-refractivity contribution in [2.24, 2.45) is 5.92 Å². The number of carbonyl (C=O) groups is 1. The molecule has 1 unspecified atom stereocenters. The third-order valence-electron chi connectivity index (χ3n) is 4.49. The maximum atomic E-state index is 12.7. The predicted molar refractivity (Wildman–Crippen MR) is 103 cm³/mol. The van der Waals surface area contributed by atoms with E-state index in [0.717, 1.165) is 37.0 Å². The first-order valence-corrected chi connectivity index (χ1v) is 9.45. The summed E-state index contributed by atoms with van der Waals surface area (Å²) in [5, 5.41) is 2.92. The maximum Gasteiger partial charge on any atom is 0.416 e. The molecule has 0 saturated heterocycles. The summed E-state index contributed by atoms with van der Waals surface area (Å²) in [6, 6.07) is 12.2. The average molecular weight is 393 g/mol. The van der Waals surface area contributed by atoms with Crippen LogP contribution in [0.4, 0.5) is 13.2 Å². The molecule has 1 amide bonds. The van der Waals surface area contributed by atoms with E-state index in [0.29, 0.717) is 17.9 Å². The van der Waals surface area contributed by atoms with Gasteiger partial charge in [0.05, 0.1) is 5.56 Å². The van der Waals surface area contributed by atoms with Crippen molar-refractivity contribution in [2.75, 3.05) is 0 Å². The van der Waals surface area contributed by atoms with Crippen LogP contribution in [-0.2, 0) is 24.1 Å². The lowest BCUT2D eigenvalue weighted by atomic mass is 10.0. The third kappa shape index (κ3) is 6.91. The molecule has 0 saturated carbocycles. The molecule has 0 aliphatic carbocycles. The Morgan fingerprint density at radius 3 is 2.46 bits per heavy atom. The van der Waals surface area contributed by atoms with Gasteiger partial charge < -0.3 is 10.1 Å². The Kier molecular flexibility index (Phi) is 7.91. The number of carbonyl (C=O) groups excluding carboxylic acids is 1. The van der Waals surface area contributed by atoms with Gasteiger partial charge >= 0.3 is 6.18 Å². The van der Waals surface area contributed by atoms with E-state index in [2.05, 4.69) is 12.2 Å². The molecule has 6 heteroatoms. The summed E-state index contributed by atoms with van der Waals surface area (Å²) in [6.07, 6.45) is -1.38. The van der Waals surface area contributed by atoms with Crippen molar-refractivity contribution >= 4 is 5.91 Å². The van der Waals surface area contributed by atoms with Crippen LogP contribution in [0.1, 0.15) is 49.8 Å². The van der Waals surface area contributed by atoms with Crippen LogP contribution < -0.4 is 10.1 Å². The largest absolute Gasteiger partial charge is 0.489 e. The Morgan fingerprint density at radius 1 is 1.11 bits per heavy atom. The number of hydrogen-bond acceptors (Lipinski definition) is 2. The second-order valence-corrected chi connectivity index (χ2v) is 6.89. The number of nitrogens with one attached hydrogen (secondary N) is 1. The molecule has 3 nitrogen and oxygen atoms in total. The topological polar surface area (TPSA) is 38.3 Å². The molecule has 152 valence electrons. The van der Waals surface area contributed by atoms with E-state index < -0.39 is 11.7 Å². The van der Waals surface area contributed by atoms with Gasteiger partial charge in [0.25, 0.3) is 0 Å². The first kappa shape index (κ1) is 21.8. The number of ether oxygens (including phenoxy) is 1. The SMILES string of the molecule is CCCCC(C)C(=O)NCc1ccc(OCc2cccc(C(F)(F)F)c2)cc1. The quantitative estimate of drug-likeness (QED) is 0.591. The van der Waals surface area contributed by atoms with Crippen molar-refractivity contribution < 1.29 is 22.7 Å². The Balaban J connectivity index is 1.84. The lowest BCUT2D eigenvalue weighted by Crippen LogP contribution is -2.28. The first-order valence-electron chi connectivity index (χ1n) is 9.45. The maximum absolute atomic E-state index is 12.7. The second-order valence-electron chi connectivity index (χ2n) is 6.89. The van der Waals surface area contributed by atoms with E-state index in [9.17, 15) is 18.0 Å². The number of amides is 1. The highest BCUT2D eigenvalue weighted by Crippen LogP contribution is 2.29. The van der Waals surface area contributed by atoms with E-state index >= 15 is 0 Å². The minimum absolute atomic E-state index is 0.00461. The third-order valence-corrected chi connectivity index (χ3v) is 4.49. The minimum atomic E-state index is -4.36. The fourth-order valence-electron chi connectivity index (χ4n) is 2.71. The molecule has 2 rings (SSSR count). The highest BCUT2D eigenvalue weighted by atomic mass is 19.4. The monoisotopic (exact) mass is 393 g/mol. The van der Waals surface area contributed by atoms with Gasteiger partial charge in [-0.15, -0.1) is 0 Å². The minimum Gasteiger partial charge on any atom is -0.489 e. The van der Waals surface area contributed by atoms with Crippen molar-refractivity contribution in [3.63, 3.8) is 0 Å². The molecule has 0 fully saturated rings. The van der Waals surface area contributed by atoms with Gasteiger partial charge in [0.1, 0.15) is 12.4 Å². The van der Waals surface area contributed by atoms with Crippen LogP contribution in [0.15, 0.2) is 48.5 Å². The van der Waals surface area contributed by atoms with E-state index in [1.165, 1.54) is 6.07 Å². The number of hydrogen-bond donors (Lipinski definition) is 1. The van der Waals surface area contributed by atoms with Crippen molar-refractivity contribution in [1.82, 2.24) is 5.32 Å². The van der Waals surface area contributed by atoms with E-state index in [-0.39, 0.29) is 18.4 Å². The van der Waals surface area contributed by atoms with E-state index in [4.69, 9.17) is 4.74 Å². The molecule has 2 aromatic carbocycles. The van der Waals surface area contributed by atoms with Crippen LogP contribution in [0.5, 0.6) is 5.75 Å². The highest BCUT2D eigenvalue weighted by molar-refractivity contribution is 5.78. The molecular formula is C22H26F3NO2. The first-order chi connectivity index (χ1) is 13.3. The number of unbranched alkanes of at least 4 members (excludes halogenated alkanes) is 1. The van der Waals surface area contributed by atoms with Gasteiger partial charge in [-0.05, 0) is 41.8 Å². The summed E-state index contributed by atoms with van der Waals surface area (Å²) >= 11 is 0. The Bertz CT molecular complexity index is 757. The van der Waals surface area contributed by atoms with Crippen LogP contribution in [0.25, 0.3) is 0 Å². The summed E-state index contributed by atoms with van der Waals surface area (Å²) in [5.41, 5.74) is 0.697. The molecule has 0 aliphatic rings. The zero-order valence-electron chi connectivity index (χ0n) is 16.2. The van der Waals surface area contributed by atoms with Crippen LogP contribution in [-0.4, -0.2) is 5.91 Å². The molecule has 0 aromatic heterocycles. The molecule has 0 heterocycles. The van der Waals surface area contributed by atoms with E-state index in [1.54, 1.807) is 18.2 Å². The summed E-state index contributed by atoms with van der Waals surface area (Å²) in [7, 11) is 0. The van der Waals surface area contributed by atoms with Gasteiger partial charge in [-0.1, -0.05) is 51.0 Å². The Hall–Kier alpha value is -2.50. The fraction of sp³-hybridized carbons (Fsp3) is 0.409. The molecule has 2 aromatic rings. The molecule has 0 spiro atoms. The fourth-order valence-corrected chi connectivity index (χ4v) is 2.71. The van der Waals surface area contributed by atoms with Crippen LogP contribution in [0.3, 0.4) is 0 Å². The zero-order chi connectivity index (χ0) is 20.6. The Morgan fingerprint density at radius 2 is 1.82 bits per heavy atom. The number of halogens is 3. The normalized spacial score (nSPS) is 12.5. The lowest BCUT2D eigenvalue weighted by Gasteiger charge is -2.12. The summed E-state index contributed by atoms with van der Waals surface area (Å²) in [4.78, 5) is 12.0. The van der Waals surface area contributed by atoms with Crippen molar-refractivity contribution in [3.8, 4) is 5.75 Å². The van der Waals surface area contributed by atoms with Crippen LogP contribution in [0, 0.1) is 5.92 Å². The average Bonchev–Trinajstić information content (AvgIpc) is 2.69. The number of rotatable bonds is 9. The van der Waals surface area contributed by atoms with E-state index in [1.807, 2.05) is 19.1 Å². The van der Waals surface area contributed by atoms with Crippen LogP contribution in [0.2, 0.25) is 0 Å². The van der Waals surface area contributed by atoms with Gasteiger partial charge in [-0.3, -0.25) is 4.79 Å². The Labute approximate surface area is 163 Å². The molecule has 1 atom stereocenters. The highest BCUT2D eigenvalue weighted by Gasteiger charge is 2.30. The van der Waals surface area contributed by atoms with Gasteiger partial charge in [-0.25, -0.2) is 0 Å². The summed E-state index contributed by atoms with van der Waals surface area (Å²) < 4.78 is 43.8. The molecule has 28 heavy (non-hydrogen) atoms. The molecule has 1 N–H and O–H groups in total. The van der Waals surface area contributed by atoms with Crippen molar-refractivity contribution in [2.45, 2.75) is 52.4 Å². The second kappa shape index (κ2) is 10.2. The molecular weight excluding hydrogens is 367 g/mol. The summed E-state index contributed by atoms with van der Waals surface area (Å²) in [6.45, 7) is 4.51. The zero-order valence-corrected chi connectivity index (χ0v) is 16.2. The molecule has 0 radical (unpaired) electrons. The smallest absolute Gasteiger partial charge is 0.416 e. The number of benzene rings is 2. The van der Waals surface area contributed by atoms with Gasteiger partial charge in [-0.2, -0.15) is 13.2 Å². The van der Waals surface area contributed by atoms with Crippen LogP contribution >= 0.6 is 0 Å². The van der Waals surface area contributed by atoms with Gasteiger partial charge in [0.2, 0.25) is 5.91 Å². The molecule has 0 bridgehead atoms. The lowest BCUT2D eigenvalue weighted by molar-refractivity contribution is -0.137. The molecule has 0 aliphatic heterocycles. The number of alkyl halides is 3. The summed E-state index contributed by atoms with van der Waals surface area (Å²) in [5.74, 6) is 0.595. The van der Waals surface area contributed by atoms with Gasteiger partial charge in [0, 0.05) is 12.5 Å². The van der Waals surface area contributed by atoms with Crippen molar-refractivity contribution in [1.29, 1.82) is 0 Å². The van der Waals surface area contributed by atoms with Gasteiger partial charge in [0.15, 0.2) is 0 Å².